The van der Waals surface area contributed by atoms with Crippen molar-refractivity contribution in [2.24, 2.45) is 0 Å². The van der Waals surface area contributed by atoms with Crippen LogP contribution in [0.3, 0.4) is 0 Å². The molecule has 0 aliphatic rings. The van der Waals surface area contributed by atoms with Crippen LogP contribution in [0.2, 0.25) is 5.02 Å². The van der Waals surface area contributed by atoms with Crippen LogP contribution in [-0.4, -0.2) is 19.6 Å². The van der Waals surface area contributed by atoms with E-state index in [1.165, 1.54) is 0 Å². The van der Waals surface area contributed by atoms with Crippen molar-refractivity contribution in [2.45, 2.75) is 6.54 Å². The molecule has 1 amide bonds. The van der Waals surface area contributed by atoms with Crippen molar-refractivity contribution in [3.63, 3.8) is 0 Å². The van der Waals surface area contributed by atoms with Crippen LogP contribution < -0.4 is 20.1 Å². The summed E-state index contributed by atoms with van der Waals surface area (Å²) in [5.41, 5.74) is 2.65. The van der Waals surface area contributed by atoms with Crippen molar-refractivity contribution < 1.29 is 14.3 Å². The van der Waals surface area contributed by atoms with Crippen LogP contribution in [0.15, 0.2) is 65.1 Å². The van der Waals surface area contributed by atoms with Gasteiger partial charge in [0.2, 0.25) is 0 Å². The summed E-state index contributed by atoms with van der Waals surface area (Å²) >= 11 is 11.7. The van der Waals surface area contributed by atoms with E-state index in [-0.39, 0.29) is 12.5 Å². The molecule has 156 valence electrons. The van der Waals surface area contributed by atoms with Crippen molar-refractivity contribution in [1.29, 1.82) is 0 Å². The van der Waals surface area contributed by atoms with E-state index in [2.05, 4.69) is 49.2 Å². The van der Waals surface area contributed by atoms with E-state index in [1.807, 2.05) is 60.7 Å². The summed E-state index contributed by atoms with van der Waals surface area (Å²) < 4.78 is 12.9. The van der Waals surface area contributed by atoms with E-state index in [0.29, 0.717) is 23.1 Å². The predicted molar refractivity (Wildman–Crippen MR) is 133 cm³/mol. The molecule has 5 nitrogen and oxygen atoms in total. The number of nitrogens with one attached hydrogen (secondary N) is 2. The fourth-order valence-corrected chi connectivity index (χ4v) is 3.93. The number of benzene rings is 3. The Bertz CT molecular complexity index is 1030. The smallest absolute Gasteiger partial charge is 0.262 e. The lowest BCUT2D eigenvalue weighted by atomic mass is 10.2. The monoisotopic (exact) mass is 600 g/mol. The third-order valence-corrected chi connectivity index (χ3v) is 6.14. The third kappa shape index (κ3) is 6.26. The number of para-hydroxylation sites is 1. The number of hydrogen-bond acceptors (Lipinski definition) is 4. The average Bonchev–Trinajstić information content (AvgIpc) is 2.74. The standard InChI is InChI=1S/C22H19BrClIN2O3/c1-29-20-10-14(12-26-16-7-8-17(23)18(24)11-16)9-19(25)22(20)30-13-21(28)27-15-5-3-2-4-6-15/h2-11,26H,12-13H2,1H3,(H,27,28). The molecule has 0 heterocycles. The van der Waals surface area contributed by atoms with Gasteiger partial charge in [0.1, 0.15) is 0 Å². The van der Waals surface area contributed by atoms with Crippen molar-refractivity contribution in [3.05, 3.63) is 79.3 Å². The van der Waals surface area contributed by atoms with Crippen LogP contribution in [0.1, 0.15) is 5.56 Å². The predicted octanol–water partition coefficient (Wildman–Crippen LogP) is 6.35. The fraction of sp³-hybridized carbons (Fsp3) is 0.136. The van der Waals surface area contributed by atoms with E-state index >= 15 is 0 Å². The zero-order valence-corrected chi connectivity index (χ0v) is 20.5. The molecular weight excluding hydrogens is 583 g/mol. The van der Waals surface area contributed by atoms with E-state index < -0.39 is 0 Å². The van der Waals surface area contributed by atoms with Crippen LogP contribution in [0.25, 0.3) is 0 Å². The molecule has 0 aliphatic heterocycles. The number of carbonyl (C=O) groups excluding carboxylic acids is 1. The molecule has 0 atom stereocenters. The van der Waals surface area contributed by atoms with Crippen molar-refractivity contribution >= 4 is 67.4 Å². The molecule has 3 aromatic rings. The highest BCUT2D eigenvalue weighted by Crippen LogP contribution is 2.34. The molecule has 0 aliphatic carbocycles. The van der Waals surface area contributed by atoms with Gasteiger partial charge in [-0.2, -0.15) is 0 Å². The molecule has 0 aromatic heterocycles. The molecule has 2 N–H and O–H groups in total. The van der Waals surface area contributed by atoms with Crippen LogP contribution >= 0.6 is 50.1 Å². The van der Waals surface area contributed by atoms with Gasteiger partial charge in [0, 0.05) is 22.4 Å². The van der Waals surface area contributed by atoms with Gasteiger partial charge in [-0.25, -0.2) is 0 Å². The Labute approximate surface area is 202 Å². The highest BCUT2D eigenvalue weighted by atomic mass is 127. The van der Waals surface area contributed by atoms with Gasteiger partial charge in [-0.15, -0.1) is 0 Å². The summed E-state index contributed by atoms with van der Waals surface area (Å²) in [6.45, 7) is 0.468. The number of carbonyl (C=O) groups is 1. The van der Waals surface area contributed by atoms with Gasteiger partial charge in [0.15, 0.2) is 18.1 Å². The van der Waals surface area contributed by atoms with Crippen LogP contribution in [-0.2, 0) is 11.3 Å². The Hall–Kier alpha value is -1.97. The van der Waals surface area contributed by atoms with Crippen LogP contribution in [0.5, 0.6) is 11.5 Å². The summed E-state index contributed by atoms with van der Waals surface area (Å²) in [7, 11) is 1.58. The van der Waals surface area contributed by atoms with E-state index in [9.17, 15) is 4.79 Å². The summed E-state index contributed by atoms with van der Waals surface area (Å²) in [6.07, 6.45) is 0. The number of anilines is 2. The Morgan fingerprint density at radius 3 is 2.57 bits per heavy atom. The van der Waals surface area contributed by atoms with Crippen LogP contribution in [0.4, 0.5) is 11.4 Å². The highest BCUT2D eigenvalue weighted by Gasteiger charge is 2.14. The first kappa shape index (κ1) is 22.7. The fourth-order valence-electron chi connectivity index (χ4n) is 2.68. The van der Waals surface area contributed by atoms with Crippen LogP contribution in [0, 0.1) is 3.57 Å². The van der Waals surface area contributed by atoms with Crippen molar-refractivity contribution in [2.75, 3.05) is 24.4 Å². The van der Waals surface area contributed by atoms with E-state index in [1.54, 1.807) is 7.11 Å². The minimum Gasteiger partial charge on any atom is -0.493 e. The molecule has 0 fully saturated rings. The second-order valence-electron chi connectivity index (χ2n) is 6.29. The van der Waals surface area contributed by atoms with Gasteiger partial charge in [-0.1, -0.05) is 29.8 Å². The second-order valence-corrected chi connectivity index (χ2v) is 8.72. The minimum absolute atomic E-state index is 0.115. The molecule has 0 saturated heterocycles. The molecule has 8 heteroatoms. The van der Waals surface area contributed by atoms with Gasteiger partial charge < -0.3 is 20.1 Å². The van der Waals surface area contributed by atoms with Crippen molar-refractivity contribution in [1.82, 2.24) is 0 Å². The maximum absolute atomic E-state index is 12.2. The normalized spacial score (nSPS) is 10.4. The first-order chi connectivity index (χ1) is 14.5. The zero-order valence-electron chi connectivity index (χ0n) is 16.0. The quantitative estimate of drug-likeness (QED) is 0.296. The first-order valence-electron chi connectivity index (χ1n) is 8.99. The number of amides is 1. The molecule has 30 heavy (non-hydrogen) atoms. The highest BCUT2D eigenvalue weighted by molar-refractivity contribution is 14.1. The Balaban J connectivity index is 1.64. The number of halogens is 3. The topological polar surface area (TPSA) is 59.6 Å². The molecule has 3 aromatic carbocycles. The molecular formula is C22H19BrClIN2O3. The Kier molecular flexibility index (Phi) is 8.24. The molecule has 0 saturated carbocycles. The summed E-state index contributed by atoms with van der Waals surface area (Å²) in [5.74, 6) is 0.869. The van der Waals surface area contributed by atoms with E-state index in [0.717, 1.165) is 25.0 Å². The summed E-state index contributed by atoms with van der Waals surface area (Å²) in [4.78, 5) is 12.2. The second kappa shape index (κ2) is 10.9. The Morgan fingerprint density at radius 2 is 1.87 bits per heavy atom. The van der Waals surface area contributed by atoms with Gasteiger partial charge in [-0.3, -0.25) is 4.79 Å². The number of methoxy groups -OCH3 is 1. The van der Waals surface area contributed by atoms with Gasteiger partial charge in [0.25, 0.3) is 5.91 Å². The van der Waals surface area contributed by atoms with E-state index in [4.69, 9.17) is 21.1 Å². The average molecular weight is 602 g/mol. The minimum atomic E-state index is -0.239. The maximum atomic E-state index is 12.2. The molecule has 0 radical (unpaired) electrons. The molecule has 3 rings (SSSR count). The number of ether oxygens (including phenoxy) is 2. The van der Waals surface area contributed by atoms with Gasteiger partial charge >= 0.3 is 0 Å². The zero-order chi connectivity index (χ0) is 21.5. The number of hydrogen-bond donors (Lipinski definition) is 2. The first-order valence-corrected chi connectivity index (χ1v) is 11.2. The largest absolute Gasteiger partial charge is 0.493 e. The van der Waals surface area contributed by atoms with Crippen molar-refractivity contribution in [3.8, 4) is 11.5 Å². The number of rotatable bonds is 8. The molecule has 0 unspecified atom stereocenters. The lowest BCUT2D eigenvalue weighted by molar-refractivity contribution is -0.118. The lowest BCUT2D eigenvalue weighted by Crippen LogP contribution is -2.20. The molecule has 0 bridgehead atoms. The SMILES string of the molecule is COc1cc(CNc2ccc(Br)c(Cl)c2)cc(I)c1OCC(=O)Nc1ccccc1. The Morgan fingerprint density at radius 1 is 1.10 bits per heavy atom. The summed E-state index contributed by atoms with van der Waals surface area (Å²) in [6, 6.07) is 18.8. The molecule has 0 spiro atoms. The van der Waals surface area contributed by atoms with Gasteiger partial charge in [0.05, 0.1) is 15.7 Å². The summed E-state index contributed by atoms with van der Waals surface area (Å²) in [5, 5.41) is 6.77. The third-order valence-electron chi connectivity index (χ3n) is 4.11. The lowest BCUT2D eigenvalue weighted by Gasteiger charge is -2.15. The van der Waals surface area contributed by atoms with Gasteiger partial charge in [-0.05, 0) is 86.5 Å². The maximum Gasteiger partial charge on any atom is 0.262 e.